The molecule has 0 bridgehead atoms. The van der Waals surface area contributed by atoms with Gasteiger partial charge in [0.25, 0.3) is 0 Å². The summed E-state index contributed by atoms with van der Waals surface area (Å²) < 4.78 is 13.0. The summed E-state index contributed by atoms with van der Waals surface area (Å²) in [4.78, 5) is 5.87. The first-order valence-corrected chi connectivity index (χ1v) is 11.2. The number of halogens is 1. The van der Waals surface area contributed by atoms with E-state index in [1.54, 1.807) is 23.9 Å². The molecular formula is C23H28FNS2. The molecule has 0 radical (unpaired) electrons. The molecular weight excluding hydrogens is 373 g/mol. The second-order valence-corrected chi connectivity index (χ2v) is 9.12. The lowest BCUT2D eigenvalue weighted by Crippen LogP contribution is -2.09. The van der Waals surface area contributed by atoms with Gasteiger partial charge in [-0.15, -0.1) is 11.8 Å². The van der Waals surface area contributed by atoms with Crippen LogP contribution in [0, 0.1) is 11.7 Å². The topological polar surface area (TPSA) is 12.4 Å². The number of benzene rings is 2. The maximum atomic E-state index is 13.0. The van der Waals surface area contributed by atoms with E-state index in [0.29, 0.717) is 11.2 Å². The van der Waals surface area contributed by atoms with Crippen LogP contribution in [0.1, 0.15) is 40.0 Å². The van der Waals surface area contributed by atoms with Gasteiger partial charge in [0.2, 0.25) is 0 Å². The number of thioether (sulfide) groups is 2. The van der Waals surface area contributed by atoms with Gasteiger partial charge in [0, 0.05) is 10.1 Å². The van der Waals surface area contributed by atoms with Crippen molar-refractivity contribution in [3.05, 3.63) is 71.9 Å². The van der Waals surface area contributed by atoms with Crippen LogP contribution in [0.4, 0.5) is 10.1 Å². The Labute approximate surface area is 171 Å². The number of para-hydroxylation sites is 1. The fraction of sp³-hybridized carbons (Fsp3) is 0.348. The van der Waals surface area contributed by atoms with Gasteiger partial charge in [-0.1, -0.05) is 57.2 Å². The molecule has 0 saturated carbocycles. The minimum absolute atomic E-state index is 0.207. The van der Waals surface area contributed by atoms with E-state index in [9.17, 15) is 4.39 Å². The van der Waals surface area contributed by atoms with E-state index in [1.165, 1.54) is 31.4 Å². The van der Waals surface area contributed by atoms with Crippen molar-refractivity contribution in [3.63, 3.8) is 0 Å². The van der Waals surface area contributed by atoms with E-state index in [2.05, 4.69) is 26.8 Å². The van der Waals surface area contributed by atoms with Crippen molar-refractivity contribution in [2.45, 2.75) is 50.2 Å². The van der Waals surface area contributed by atoms with Crippen LogP contribution in [0.2, 0.25) is 0 Å². The van der Waals surface area contributed by atoms with Crippen LogP contribution >= 0.6 is 23.5 Å². The van der Waals surface area contributed by atoms with Crippen molar-refractivity contribution in [2.75, 3.05) is 0 Å². The SMILES string of the molecule is CCCC(CC(C)C)SC(/C=C\Sc1ccc(F)cc1)=Nc1ccccc1. The van der Waals surface area contributed by atoms with Crippen molar-refractivity contribution in [2.24, 2.45) is 10.9 Å². The average Bonchev–Trinajstić information content (AvgIpc) is 2.64. The molecule has 2 rings (SSSR count). The predicted octanol–water partition coefficient (Wildman–Crippen LogP) is 8.11. The summed E-state index contributed by atoms with van der Waals surface area (Å²) in [7, 11) is 0. The quantitative estimate of drug-likeness (QED) is 0.239. The minimum Gasteiger partial charge on any atom is -0.242 e. The molecule has 1 nitrogen and oxygen atoms in total. The van der Waals surface area contributed by atoms with Crippen molar-refractivity contribution in [3.8, 4) is 0 Å². The molecule has 0 aromatic heterocycles. The molecule has 4 heteroatoms. The van der Waals surface area contributed by atoms with Crippen LogP contribution in [0.15, 0.2) is 76.0 Å². The third kappa shape index (κ3) is 8.81. The predicted molar refractivity (Wildman–Crippen MR) is 121 cm³/mol. The lowest BCUT2D eigenvalue weighted by molar-refractivity contribution is 0.547. The second-order valence-electron chi connectivity index (χ2n) is 6.82. The number of hydrogen-bond acceptors (Lipinski definition) is 3. The molecule has 2 aromatic rings. The molecule has 0 aliphatic heterocycles. The van der Waals surface area contributed by atoms with E-state index >= 15 is 0 Å². The molecule has 0 aliphatic carbocycles. The van der Waals surface area contributed by atoms with Crippen molar-refractivity contribution in [1.82, 2.24) is 0 Å². The number of nitrogens with zero attached hydrogens (tertiary/aromatic N) is 1. The van der Waals surface area contributed by atoms with E-state index in [4.69, 9.17) is 4.99 Å². The first-order valence-electron chi connectivity index (χ1n) is 9.46. The highest BCUT2D eigenvalue weighted by Crippen LogP contribution is 2.28. The molecule has 1 unspecified atom stereocenters. The smallest absolute Gasteiger partial charge is 0.123 e. The maximum absolute atomic E-state index is 13.0. The van der Waals surface area contributed by atoms with Crippen LogP contribution in [-0.4, -0.2) is 10.3 Å². The van der Waals surface area contributed by atoms with E-state index in [0.717, 1.165) is 15.6 Å². The first kappa shape index (κ1) is 21.8. The third-order valence-electron chi connectivity index (χ3n) is 3.86. The molecule has 144 valence electrons. The number of rotatable bonds is 9. The Hall–Kier alpha value is -1.52. The standard InChI is InChI=1S/C23H28FNS2/c1-4-8-22(17-18(2)3)27-23(25-20-9-6-5-7-10-20)15-16-26-21-13-11-19(24)12-14-21/h5-7,9-16,18,22H,4,8,17H2,1-3H3/b16-15-,25-23?. The van der Waals surface area contributed by atoms with Crippen LogP contribution in [-0.2, 0) is 0 Å². The normalized spacial score (nSPS) is 13.4. The third-order valence-corrected chi connectivity index (χ3v) is 5.90. The molecule has 0 amide bonds. The lowest BCUT2D eigenvalue weighted by Gasteiger charge is -2.18. The molecule has 0 N–H and O–H groups in total. The van der Waals surface area contributed by atoms with Crippen molar-refractivity contribution in [1.29, 1.82) is 0 Å². The summed E-state index contributed by atoms with van der Waals surface area (Å²) in [6, 6.07) is 16.6. The van der Waals surface area contributed by atoms with Crippen molar-refractivity contribution >= 4 is 34.3 Å². The van der Waals surface area contributed by atoms with Gasteiger partial charge in [-0.3, -0.25) is 0 Å². The number of aliphatic imine (C=N–C) groups is 1. The molecule has 2 aromatic carbocycles. The van der Waals surface area contributed by atoms with Crippen molar-refractivity contribution < 1.29 is 4.39 Å². The van der Waals surface area contributed by atoms with Crippen LogP contribution < -0.4 is 0 Å². The Morgan fingerprint density at radius 3 is 2.41 bits per heavy atom. The molecule has 0 aliphatic rings. The fourth-order valence-corrected chi connectivity index (χ4v) is 4.87. The van der Waals surface area contributed by atoms with E-state index in [1.807, 2.05) is 47.5 Å². The molecule has 0 fully saturated rings. The maximum Gasteiger partial charge on any atom is 0.123 e. The molecule has 1 atom stereocenters. The summed E-state index contributed by atoms with van der Waals surface area (Å²) in [5.74, 6) is 0.464. The number of hydrogen-bond donors (Lipinski definition) is 0. The average molecular weight is 402 g/mol. The van der Waals surface area contributed by atoms with Gasteiger partial charge < -0.3 is 0 Å². The Morgan fingerprint density at radius 2 is 1.78 bits per heavy atom. The van der Waals surface area contributed by atoms with Gasteiger partial charge >= 0.3 is 0 Å². The summed E-state index contributed by atoms with van der Waals surface area (Å²) in [5.41, 5.74) is 0.969. The lowest BCUT2D eigenvalue weighted by atomic mass is 10.1. The Balaban J connectivity index is 2.14. The summed E-state index contributed by atoms with van der Waals surface area (Å²) in [5, 5.41) is 3.63. The Bertz CT molecular complexity index is 724. The largest absolute Gasteiger partial charge is 0.242 e. The summed E-state index contributed by atoms with van der Waals surface area (Å²) >= 11 is 3.45. The van der Waals surface area contributed by atoms with Crippen LogP contribution in [0.3, 0.4) is 0 Å². The zero-order chi connectivity index (χ0) is 19.5. The highest BCUT2D eigenvalue weighted by Gasteiger charge is 2.13. The van der Waals surface area contributed by atoms with Gasteiger partial charge in [0.05, 0.1) is 10.7 Å². The van der Waals surface area contributed by atoms with E-state index < -0.39 is 0 Å². The van der Waals surface area contributed by atoms with Crippen LogP contribution in [0.5, 0.6) is 0 Å². The summed E-state index contributed by atoms with van der Waals surface area (Å²) in [6.45, 7) is 6.79. The fourth-order valence-electron chi connectivity index (χ4n) is 2.66. The Kier molecular flexibility index (Phi) is 9.71. The monoisotopic (exact) mass is 401 g/mol. The molecule has 0 heterocycles. The zero-order valence-corrected chi connectivity index (χ0v) is 17.9. The summed E-state index contributed by atoms with van der Waals surface area (Å²) in [6.07, 6.45) is 5.63. The second kappa shape index (κ2) is 12.0. The van der Waals surface area contributed by atoms with Gasteiger partial charge in [0.15, 0.2) is 0 Å². The molecule has 27 heavy (non-hydrogen) atoms. The van der Waals surface area contributed by atoms with Crippen LogP contribution in [0.25, 0.3) is 0 Å². The van der Waals surface area contributed by atoms with Gasteiger partial charge in [0.1, 0.15) is 5.82 Å². The van der Waals surface area contributed by atoms with Gasteiger partial charge in [-0.25, -0.2) is 9.38 Å². The van der Waals surface area contributed by atoms with Gasteiger partial charge in [-0.2, -0.15) is 0 Å². The van der Waals surface area contributed by atoms with E-state index in [-0.39, 0.29) is 5.82 Å². The highest BCUT2D eigenvalue weighted by molar-refractivity contribution is 8.15. The highest BCUT2D eigenvalue weighted by atomic mass is 32.2. The molecule has 0 spiro atoms. The minimum atomic E-state index is -0.207. The van der Waals surface area contributed by atoms with Gasteiger partial charge in [-0.05, 0) is 66.6 Å². The first-order chi connectivity index (χ1) is 13.1. The zero-order valence-electron chi connectivity index (χ0n) is 16.3. The Morgan fingerprint density at radius 1 is 1.07 bits per heavy atom. The molecule has 0 saturated heterocycles.